The monoisotopic (exact) mass is 423 g/mol. The summed E-state index contributed by atoms with van der Waals surface area (Å²) in [5.41, 5.74) is -0.113. The predicted octanol–water partition coefficient (Wildman–Crippen LogP) is 3.98. The fourth-order valence-corrected chi connectivity index (χ4v) is 3.51. The van der Waals surface area contributed by atoms with Crippen molar-refractivity contribution in [2.24, 2.45) is 0 Å². The number of nitrogens with zero attached hydrogens (tertiary/aromatic N) is 5. The molecule has 29 heavy (non-hydrogen) atoms. The van der Waals surface area contributed by atoms with Gasteiger partial charge in [0.25, 0.3) is 0 Å². The molecule has 1 aliphatic rings. The summed E-state index contributed by atoms with van der Waals surface area (Å²) in [7, 11) is 0. The van der Waals surface area contributed by atoms with Gasteiger partial charge in [-0.25, -0.2) is 9.97 Å². The molecule has 0 spiro atoms. The molecule has 0 aromatic carbocycles. The lowest BCUT2D eigenvalue weighted by atomic mass is 10.1. The number of pyridine rings is 2. The van der Waals surface area contributed by atoms with Gasteiger partial charge in [0.1, 0.15) is 11.3 Å². The highest BCUT2D eigenvalue weighted by Crippen LogP contribution is 2.36. The van der Waals surface area contributed by atoms with Gasteiger partial charge in [0.15, 0.2) is 5.15 Å². The number of aromatic nitrogens is 4. The average Bonchev–Trinajstić information content (AvgIpc) is 2.69. The van der Waals surface area contributed by atoms with Crippen LogP contribution in [-0.2, 0) is 17.5 Å². The van der Waals surface area contributed by atoms with Crippen molar-refractivity contribution in [3.8, 4) is 11.3 Å². The molecule has 152 valence electrons. The van der Waals surface area contributed by atoms with Crippen LogP contribution < -0.4 is 0 Å². The molecule has 6 nitrogen and oxygen atoms in total. The molecule has 0 amide bonds. The van der Waals surface area contributed by atoms with E-state index in [0.29, 0.717) is 36.6 Å². The second-order valence-electron chi connectivity index (χ2n) is 6.81. The number of hydrogen-bond acceptors (Lipinski definition) is 6. The van der Waals surface area contributed by atoms with Gasteiger partial charge in [0.05, 0.1) is 36.5 Å². The van der Waals surface area contributed by atoms with Crippen LogP contribution in [0.3, 0.4) is 0 Å². The first-order valence-electron chi connectivity index (χ1n) is 8.99. The Kier molecular flexibility index (Phi) is 5.37. The van der Waals surface area contributed by atoms with Crippen molar-refractivity contribution in [3.05, 3.63) is 47.1 Å². The van der Waals surface area contributed by atoms with E-state index in [0.717, 1.165) is 12.6 Å². The number of fused-ring (bicyclic) bond motifs is 1. The number of hydrogen-bond donors (Lipinski definition) is 0. The molecule has 1 unspecified atom stereocenters. The molecule has 0 saturated carbocycles. The largest absolute Gasteiger partial charge is 0.418 e. The van der Waals surface area contributed by atoms with Crippen LogP contribution in [0.25, 0.3) is 22.3 Å². The van der Waals surface area contributed by atoms with Crippen LogP contribution in [0.4, 0.5) is 13.2 Å². The third kappa shape index (κ3) is 4.17. The van der Waals surface area contributed by atoms with Crippen molar-refractivity contribution < 1.29 is 17.9 Å². The minimum absolute atomic E-state index is 0.162. The van der Waals surface area contributed by atoms with Crippen molar-refractivity contribution in [2.75, 3.05) is 19.8 Å². The van der Waals surface area contributed by atoms with Crippen LogP contribution in [0, 0.1) is 0 Å². The third-order valence-corrected chi connectivity index (χ3v) is 5.04. The van der Waals surface area contributed by atoms with Gasteiger partial charge in [-0.3, -0.25) is 14.9 Å². The Balaban J connectivity index is 1.74. The third-order valence-electron chi connectivity index (χ3n) is 4.78. The highest BCUT2D eigenvalue weighted by molar-refractivity contribution is 6.33. The van der Waals surface area contributed by atoms with Gasteiger partial charge in [-0.05, 0) is 25.1 Å². The predicted molar refractivity (Wildman–Crippen MR) is 101 cm³/mol. The van der Waals surface area contributed by atoms with Crippen LogP contribution in [-0.4, -0.2) is 50.6 Å². The summed E-state index contributed by atoms with van der Waals surface area (Å²) in [6.07, 6.45) is -1.91. The Morgan fingerprint density at radius 1 is 1.28 bits per heavy atom. The lowest BCUT2D eigenvalue weighted by Gasteiger charge is -2.32. The Hall–Kier alpha value is -2.36. The quantitative estimate of drug-likeness (QED) is 0.594. The molecule has 0 bridgehead atoms. The molecule has 4 heterocycles. The molecule has 0 N–H and O–H groups in total. The van der Waals surface area contributed by atoms with Gasteiger partial charge in [0, 0.05) is 30.5 Å². The normalized spacial score (nSPS) is 18.3. The molecule has 3 aromatic rings. The van der Waals surface area contributed by atoms with E-state index in [2.05, 4.69) is 24.8 Å². The fraction of sp³-hybridized carbons (Fsp3) is 0.368. The second kappa shape index (κ2) is 7.81. The van der Waals surface area contributed by atoms with E-state index in [1.807, 2.05) is 6.92 Å². The minimum atomic E-state index is -4.53. The second-order valence-corrected chi connectivity index (χ2v) is 7.17. The van der Waals surface area contributed by atoms with Gasteiger partial charge in [0.2, 0.25) is 0 Å². The zero-order chi connectivity index (χ0) is 20.6. The Labute approximate surface area is 169 Å². The average molecular weight is 424 g/mol. The zero-order valence-electron chi connectivity index (χ0n) is 15.4. The van der Waals surface area contributed by atoms with Crippen LogP contribution >= 0.6 is 11.6 Å². The van der Waals surface area contributed by atoms with Crippen molar-refractivity contribution in [3.63, 3.8) is 0 Å². The Morgan fingerprint density at radius 3 is 2.86 bits per heavy atom. The molecular weight excluding hydrogens is 407 g/mol. The smallest absolute Gasteiger partial charge is 0.379 e. The summed E-state index contributed by atoms with van der Waals surface area (Å²) in [6.45, 7) is 4.48. The number of morpholine rings is 1. The topological polar surface area (TPSA) is 64.0 Å². The molecule has 3 aromatic heterocycles. The lowest BCUT2D eigenvalue weighted by molar-refractivity contribution is -0.137. The molecule has 0 radical (unpaired) electrons. The van der Waals surface area contributed by atoms with E-state index in [4.69, 9.17) is 16.3 Å². The number of ether oxygens (including phenoxy) is 1. The molecule has 1 saturated heterocycles. The summed E-state index contributed by atoms with van der Waals surface area (Å²) >= 11 is 6.27. The standard InChI is InChI=1S/C19H17ClF3N5O/c1-11-10-29-6-5-28(11)9-15-26-14-7-12(8-25-17(14)18(20)27-15)16-13(19(21,22)23)3-2-4-24-16/h2-4,7-8,11H,5-6,9-10H2,1H3. The van der Waals surface area contributed by atoms with E-state index >= 15 is 0 Å². The number of rotatable bonds is 3. The first-order valence-corrected chi connectivity index (χ1v) is 9.37. The number of halogens is 4. The highest BCUT2D eigenvalue weighted by atomic mass is 35.5. The Morgan fingerprint density at radius 2 is 2.10 bits per heavy atom. The van der Waals surface area contributed by atoms with Gasteiger partial charge in [-0.2, -0.15) is 13.2 Å². The lowest BCUT2D eigenvalue weighted by Crippen LogP contribution is -2.43. The maximum atomic E-state index is 13.4. The first-order chi connectivity index (χ1) is 13.8. The van der Waals surface area contributed by atoms with E-state index < -0.39 is 11.7 Å². The molecular formula is C19H17ClF3N5O. The van der Waals surface area contributed by atoms with Gasteiger partial charge >= 0.3 is 6.18 Å². The maximum absolute atomic E-state index is 13.4. The van der Waals surface area contributed by atoms with E-state index in [1.165, 1.54) is 24.5 Å². The maximum Gasteiger partial charge on any atom is 0.418 e. The molecule has 1 atom stereocenters. The summed E-state index contributed by atoms with van der Waals surface area (Å²) in [4.78, 5) is 19.1. The summed E-state index contributed by atoms with van der Waals surface area (Å²) in [5.74, 6) is 0.479. The summed E-state index contributed by atoms with van der Waals surface area (Å²) in [5, 5.41) is 0.162. The van der Waals surface area contributed by atoms with E-state index in [-0.39, 0.29) is 22.5 Å². The van der Waals surface area contributed by atoms with Gasteiger partial charge in [-0.15, -0.1) is 0 Å². The fourth-order valence-electron chi connectivity index (χ4n) is 3.27. The minimum Gasteiger partial charge on any atom is -0.379 e. The van der Waals surface area contributed by atoms with Crippen LogP contribution in [0.5, 0.6) is 0 Å². The van der Waals surface area contributed by atoms with Crippen LogP contribution in [0.2, 0.25) is 5.15 Å². The molecule has 1 fully saturated rings. The van der Waals surface area contributed by atoms with Crippen LogP contribution in [0.15, 0.2) is 30.6 Å². The van der Waals surface area contributed by atoms with E-state index in [9.17, 15) is 13.2 Å². The Bertz CT molecular complexity index is 1050. The first kappa shape index (κ1) is 19.9. The van der Waals surface area contributed by atoms with Gasteiger partial charge < -0.3 is 4.74 Å². The molecule has 4 rings (SSSR count). The van der Waals surface area contributed by atoms with Crippen molar-refractivity contribution in [1.29, 1.82) is 0 Å². The summed E-state index contributed by atoms with van der Waals surface area (Å²) in [6, 6.07) is 3.96. The summed E-state index contributed by atoms with van der Waals surface area (Å²) < 4.78 is 45.5. The van der Waals surface area contributed by atoms with Gasteiger partial charge in [-0.1, -0.05) is 11.6 Å². The zero-order valence-corrected chi connectivity index (χ0v) is 16.2. The van der Waals surface area contributed by atoms with Crippen LogP contribution in [0.1, 0.15) is 18.3 Å². The van der Waals surface area contributed by atoms with Crippen molar-refractivity contribution >= 4 is 22.6 Å². The van der Waals surface area contributed by atoms with Crippen molar-refractivity contribution in [1.82, 2.24) is 24.8 Å². The number of alkyl halides is 3. The molecule has 10 heteroatoms. The van der Waals surface area contributed by atoms with Crippen molar-refractivity contribution in [2.45, 2.75) is 25.7 Å². The highest BCUT2D eigenvalue weighted by Gasteiger charge is 2.34. The van der Waals surface area contributed by atoms with E-state index in [1.54, 1.807) is 0 Å². The SMILES string of the molecule is CC1COCCN1Cc1nc(Cl)c2ncc(-c3ncccc3C(F)(F)F)cc2n1. The molecule has 1 aliphatic heterocycles. The molecule has 0 aliphatic carbocycles.